The molecule has 3 nitrogen and oxygen atoms in total. The Morgan fingerprint density at radius 2 is 2.33 bits per heavy atom. The summed E-state index contributed by atoms with van der Waals surface area (Å²) in [7, 11) is 0. The highest BCUT2D eigenvalue weighted by Crippen LogP contribution is 2.18. The van der Waals surface area contributed by atoms with Gasteiger partial charge in [0, 0.05) is 18.3 Å². The van der Waals surface area contributed by atoms with Crippen LogP contribution in [0.4, 0.5) is 0 Å². The minimum atomic E-state index is 0.614. The van der Waals surface area contributed by atoms with Crippen molar-refractivity contribution in [1.82, 2.24) is 10.3 Å². The van der Waals surface area contributed by atoms with E-state index >= 15 is 0 Å². The SMILES string of the molecule is Clc1cncc(OCCCNC2CC2)c1. The van der Waals surface area contributed by atoms with Gasteiger partial charge in [-0.15, -0.1) is 0 Å². The number of hydrogen-bond acceptors (Lipinski definition) is 3. The van der Waals surface area contributed by atoms with Crippen molar-refractivity contribution in [2.75, 3.05) is 13.2 Å². The van der Waals surface area contributed by atoms with E-state index in [1.165, 1.54) is 12.8 Å². The zero-order valence-electron chi connectivity index (χ0n) is 8.58. The predicted molar refractivity (Wildman–Crippen MR) is 60.4 cm³/mol. The molecular weight excluding hydrogens is 212 g/mol. The van der Waals surface area contributed by atoms with Crippen molar-refractivity contribution in [3.05, 3.63) is 23.5 Å². The summed E-state index contributed by atoms with van der Waals surface area (Å²) >= 11 is 5.78. The molecule has 0 atom stereocenters. The number of ether oxygens (including phenoxy) is 1. The minimum absolute atomic E-state index is 0.614. The summed E-state index contributed by atoms with van der Waals surface area (Å²) in [4.78, 5) is 3.95. The Balaban J connectivity index is 1.60. The topological polar surface area (TPSA) is 34.1 Å². The van der Waals surface area contributed by atoms with E-state index in [2.05, 4.69) is 10.3 Å². The summed E-state index contributed by atoms with van der Waals surface area (Å²) in [6, 6.07) is 2.56. The fraction of sp³-hybridized carbons (Fsp3) is 0.545. The van der Waals surface area contributed by atoms with Crippen LogP contribution in [0.2, 0.25) is 5.02 Å². The van der Waals surface area contributed by atoms with Gasteiger partial charge >= 0.3 is 0 Å². The van der Waals surface area contributed by atoms with E-state index in [0.717, 1.165) is 24.8 Å². The summed E-state index contributed by atoms with van der Waals surface area (Å²) in [5.74, 6) is 0.744. The van der Waals surface area contributed by atoms with Gasteiger partial charge in [-0.25, -0.2) is 0 Å². The number of aromatic nitrogens is 1. The Hall–Kier alpha value is -0.800. The summed E-state index contributed by atoms with van der Waals surface area (Å²) in [6.45, 7) is 1.74. The molecule has 4 heteroatoms. The van der Waals surface area contributed by atoms with Gasteiger partial charge in [0.25, 0.3) is 0 Å². The molecule has 0 spiro atoms. The van der Waals surface area contributed by atoms with Crippen molar-refractivity contribution in [1.29, 1.82) is 0 Å². The number of pyridine rings is 1. The molecule has 1 aromatic rings. The Bertz CT molecular complexity index is 315. The highest BCUT2D eigenvalue weighted by atomic mass is 35.5. The van der Waals surface area contributed by atoms with Crippen molar-refractivity contribution in [2.24, 2.45) is 0 Å². The van der Waals surface area contributed by atoms with Crippen LogP contribution in [0.5, 0.6) is 5.75 Å². The molecule has 0 aliphatic heterocycles. The summed E-state index contributed by atoms with van der Waals surface area (Å²) in [5.41, 5.74) is 0. The van der Waals surface area contributed by atoms with Crippen LogP contribution in [0.3, 0.4) is 0 Å². The average molecular weight is 227 g/mol. The largest absolute Gasteiger partial charge is 0.492 e. The Labute approximate surface area is 94.8 Å². The van der Waals surface area contributed by atoms with Gasteiger partial charge < -0.3 is 10.1 Å². The van der Waals surface area contributed by atoms with Crippen LogP contribution >= 0.6 is 11.6 Å². The number of nitrogens with one attached hydrogen (secondary N) is 1. The van der Waals surface area contributed by atoms with Crippen molar-refractivity contribution in [3.63, 3.8) is 0 Å². The van der Waals surface area contributed by atoms with Crippen LogP contribution in [0.1, 0.15) is 19.3 Å². The maximum atomic E-state index is 5.78. The highest BCUT2D eigenvalue weighted by molar-refractivity contribution is 6.30. The molecule has 0 radical (unpaired) electrons. The van der Waals surface area contributed by atoms with E-state index in [-0.39, 0.29) is 0 Å². The third kappa shape index (κ3) is 4.06. The van der Waals surface area contributed by atoms with E-state index in [9.17, 15) is 0 Å². The van der Waals surface area contributed by atoms with Gasteiger partial charge in [-0.1, -0.05) is 11.6 Å². The summed E-state index contributed by atoms with van der Waals surface area (Å²) < 4.78 is 5.50. The first-order chi connectivity index (χ1) is 7.34. The third-order valence-electron chi connectivity index (χ3n) is 2.28. The lowest BCUT2D eigenvalue weighted by Crippen LogP contribution is -2.19. The molecule has 0 bridgehead atoms. The smallest absolute Gasteiger partial charge is 0.139 e. The molecule has 1 aliphatic rings. The second-order valence-electron chi connectivity index (χ2n) is 3.77. The number of rotatable bonds is 6. The Morgan fingerprint density at radius 1 is 1.47 bits per heavy atom. The number of hydrogen-bond donors (Lipinski definition) is 1. The maximum absolute atomic E-state index is 5.78. The first-order valence-corrected chi connectivity index (χ1v) is 5.69. The van der Waals surface area contributed by atoms with Crippen LogP contribution in [-0.2, 0) is 0 Å². The molecule has 0 unspecified atom stereocenters. The lowest BCUT2D eigenvalue weighted by molar-refractivity contribution is 0.307. The monoisotopic (exact) mass is 226 g/mol. The average Bonchev–Trinajstić information content (AvgIpc) is 3.01. The standard InChI is InChI=1S/C11H15ClN2O/c12-9-6-11(8-13-7-9)15-5-1-4-14-10-2-3-10/h6-8,10,14H,1-5H2. The van der Waals surface area contributed by atoms with Crippen molar-refractivity contribution in [3.8, 4) is 5.75 Å². The summed E-state index contributed by atoms with van der Waals surface area (Å²) in [5, 5.41) is 4.05. The Kier molecular flexibility index (Phi) is 3.80. The van der Waals surface area contributed by atoms with Gasteiger partial charge in [-0.2, -0.15) is 0 Å². The molecular formula is C11H15ClN2O. The zero-order valence-corrected chi connectivity index (χ0v) is 9.33. The fourth-order valence-corrected chi connectivity index (χ4v) is 1.49. The van der Waals surface area contributed by atoms with Gasteiger partial charge in [0.2, 0.25) is 0 Å². The van der Waals surface area contributed by atoms with Gasteiger partial charge in [0.15, 0.2) is 0 Å². The summed E-state index contributed by atoms with van der Waals surface area (Å²) in [6.07, 6.45) is 6.96. The van der Waals surface area contributed by atoms with Crippen LogP contribution in [0, 0.1) is 0 Å². The Morgan fingerprint density at radius 3 is 3.07 bits per heavy atom. The molecule has 1 fully saturated rings. The second kappa shape index (κ2) is 5.33. The number of nitrogens with zero attached hydrogens (tertiary/aromatic N) is 1. The molecule has 1 aliphatic carbocycles. The van der Waals surface area contributed by atoms with E-state index in [4.69, 9.17) is 16.3 Å². The van der Waals surface area contributed by atoms with Gasteiger partial charge in [0.1, 0.15) is 5.75 Å². The normalized spacial score (nSPS) is 15.3. The van der Waals surface area contributed by atoms with E-state index in [1.54, 1.807) is 18.5 Å². The van der Waals surface area contributed by atoms with Gasteiger partial charge in [-0.05, 0) is 25.8 Å². The molecule has 0 amide bonds. The van der Waals surface area contributed by atoms with Crippen LogP contribution in [-0.4, -0.2) is 24.2 Å². The molecule has 2 rings (SSSR count). The second-order valence-corrected chi connectivity index (χ2v) is 4.21. The van der Waals surface area contributed by atoms with Gasteiger partial charge in [0.05, 0.1) is 17.8 Å². The molecule has 0 saturated heterocycles. The molecule has 1 heterocycles. The quantitative estimate of drug-likeness (QED) is 0.756. The van der Waals surface area contributed by atoms with E-state index in [0.29, 0.717) is 11.6 Å². The molecule has 1 saturated carbocycles. The van der Waals surface area contributed by atoms with Crippen molar-refractivity contribution in [2.45, 2.75) is 25.3 Å². The van der Waals surface area contributed by atoms with Crippen LogP contribution in [0.15, 0.2) is 18.5 Å². The van der Waals surface area contributed by atoms with E-state index < -0.39 is 0 Å². The lowest BCUT2D eigenvalue weighted by atomic mass is 10.4. The fourth-order valence-electron chi connectivity index (χ4n) is 1.33. The molecule has 0 aromatic carbocycles. The van der Waals surface area contributed by atoms with Crippen LogP contribution < -0.4 is 10.1 Å². The first kappa shape index (κ1) is 10.7. The molecule has 15 heavy (non-hydrogen) atoms. The number of halogens is 1. The predicted octanol–water partition coefficient (Wildman–Crippen LogP) is 2.26. The van der Waals surface area contributed by atoms with Gasteiger partial charge in [-0.3, -0.25) is 4.98 Å². The van der Waals surface area contributed by atoms with Crippen LogP contribution in [0.25, 0.3) is 0 Å². The van der Waals surface area contributed by atoms with Crippen molar-refractivity contribution < 1.29 is 4.74 Å². The minimum Gasteiger partial charge on any atom is -0.492 e. The molecule has 1 N–H and O–H groups in total. The highest BCUT2D eigenvalue weighted by Gasteiger charge is 2.19. The third-order valence-corrected chi connectivity index (χ3v) is 2.49. The van der Waals surface area contributed by atoms with Crippen molar-refractivity contribution >= 4 is 11.6 Å². The molecule has 82 valence electrons. The molecule has 1 aromatic heterocycles. The first-order valence-electron chi connectivity index (χ1n) is 5.31. The zero-order chi connectivity index (χ0) is 10.5. The lowest BCUT2D eigenvalue weighted by Gasteiger charge is -2.06. The van der Waals surface area contributed by atoms with E-state index in [1.807, 2.05) is 0 Å². The maximum Gasteiger partial charge on any atom is 0.139 e.